The van der Waals surface area contributed by atoms with E-state index in [1.807, 2.05) is 0 Å². The second kappa shape index (κ2) is 29.4. The normalized spacial score (nSPS) is 13.6. The molecule has 4 aromatic rings. The number of rotatable bonds is 30. The van der Waals surface area contributed by atoms with Gasteiger partial charge < -0.3 is 52.2 Å². The minimum absolute atomic E-state index is 0.0173. The molecule has 0 bridgehead atoms. The summed E-state index contributed by atoms with van der Waals surface area (Å²) in [6, 6.07) is 14.5. The van der Waals surface area contributed by atoms with Gasteiger partial charge in [0.05, 0.1) is 18.5 Å². The molecule has 0 fully saturated rings. The first-order chi connectivity index (χ1) is 35.1. The summed E-state index contributed by atoms with van der Waals surface area (Å²) in [7, 11) is -4.80. The molecule has 0 spiro atoms. The summed E-state index contributed by atoms with van der Waals surface area (Å²) < 4.78 is 35.6. The lowest BCUT2D eigenvalue weighted by Gasteiger charge is -2.26. The number of nitrogens with zero attached hydrogens (tertiary/aromatic N) is 1. The average molecular weight is 1080 g/mol. The highest BCUT2D eigenvalue weighted by Gasteiger charge is 2.33. The number of nitrogens with two attached hydrogens (primary N) is 1. The highest BCUT2D eigenvalue weighted by molar-refractivity contribution is 7.98. The number of carboxylic acids is 1. The summed E-state index contributed by atoms with van der Waals surface area (Å²) in [6.07, 6.45) is 3.87. The molecule has 6 unspecified atom stereocenters. The van der Waals surface area contributed by atoms with Crippen LogP contribution in [-0.2, 0) is 72.8 Å². The molecular formula is C48H59N9O14S3. The molecule has 74 heavy (non-hydrogen) atoms. The van der Waals surface area contributed by atoms with E-state index in [9.17, 15) is 56.7 Å². The number of pyridine rings is 1. The minimum atomic E-state index is -4.80. The van der Waals surface area contributed by atoms with Crippen LogP contribution in [0.3, 0.4) is 0 Å². The zero-order valence-corrected chi connectivity index (χ0v) is 43.0. The maximum atomic E-state index is 14.3. The van der Waals surface area contributed by atoms with E-state index in [1.54, 1.807) is 73.2 Å². The van der Waals surface area contributed by atoms with Crippen molar-refractivity contribution in [3.05, 3.63) is 108 Å². The molecule has 6 atom stereocenters. The molecule has 0 aliphatic carbocycles. The van der Waals surface area contributed by atoms with Crippen LogP contribution in [0.15, 0.2) is 91.1 Å². The Kier molecular flexibility index (Phi) is 23.6. The third kappa shape index (κ3) is 20.7. The number of amides is 8. The van der Waals surface area contributed by atoms with Crippen molar-refractivity contribution in [3.63, 3.8) is 0 Å². The Morgan fingerprint density at radius 2 is 1.12 bits per heavy atom. The highest BCUT2D eigenvalue weighted by Crippen LogP contribution is 2.17. The van der Waals surface area contributed by atoms with E-state index in [-0.39, 0.29) is 37.9 Å². The van der Waals surface area contributed by atoms with Crippen LogP contribution in [-0.4, -0.2) is 143 Å². The predicted molar refractivity (Wildman–Crippen MR) is 276 cm³/mol. The predicted octanol–water partition coefficient (Wildman–Crippen LogP) is -0.0446. The Hall–Kier alpha value is -7.29. The number of nitrogens with one attached hydrogen (secondary N) is 7. The molecule has 0 saturated carbocycles. The number of fused-ring (bicyclic) bond motifs is 1. The maximum absolute atomic E-state index is 14.3. The second-order valence-electron chi connectivity index (χ2n) is 16.7. The van der Waals surface area contributed by atoms with Crippen LogP contribution in [0.5, 0.6) is 5.75 Å². The lowest BCUT2D eigenvalue weighted by atomic mass is 10.0. The van der Waals surface area contributed by atoms with E-state index >= 15 is 0 Å². The summed E-state index contributed by atoms with van der Waals surface area (Å²) in [5.41, 5.74) is 7.80. The molecule has 0 radical (unpaired) electrons. The van der Waals surface area contributed by atoms with E-state index in [0.29, 0.717) is 39.1 Å². The standard InChI is InChI=1S/C48H59N9O14S3/c1-28(58)52-38(23-30-13-15-33(16-14-30)71-74(68,69)70)46(65)54-35(17-19-72-2)44(63)51-27-41(59)53-39(24-31-21-32-11-7-8-12-34(32)50-26-31)47(66)55-36(18-20-73-3)45(64)57-40(25-42(60)61)48(67)56-37(43(49)62)22-29-9-5-4-6-10-29/h4-16,21,26,35-40H,17-20,22-25,27H2,1-3H3,(H2,49,62)(H,51,63)(H,52,58)(H,53,59)(H,54,65)(H,55,66)(H,56,67)(H,57,64)(H,60,61)(H,68,69,70). The lowest BCUT2D eigenvalue weighted by Crippen LogP contribution is -2.59. The van der Waals surface area contributed by atoms with Gasteiger partial charge in [0.1, 0.15) is 42.0 Å². The number of primary amides is 1. The van der Waals surface area contributed by atoms with E-state index in [4.69, 9.17) is 10.3 Å². The third-order valence-corrected chi connectivity index (χ3v) is 12.6. The third-order valence-electron chi connectivity index (χ3n) is 10.9. The molecule has 26 heteroatoms. The van der Waals surface area contributed by atoms with Crippen molar-refractivity contribution in [3.8, 4) is 5.75 Å². The van der Waals surface area contributed by atoms with Crippen molar-refractivity contribution in [2.45, 2.75) is 81.7 Å². The van der Waals surface area contributed by atoms with Crippen LogP contribution >= 0.6 is 23.5 Å². The van der Waals surface area contributed by atoms with Gasteiger partial charge in [-0.15, -0.1) is 0 Å². The van der Waals surface area contributed by atoms with E-state index < -0.39 is 113 Å². The van der Waals surface area contributed by atoms with Crippen LogP contribution in [0.25, 0.3) is 10.9 Å². The fraction of sp³-hybridized carbons (Fsp3) is 0.375. The molecule has 398 valence electrons. The number of aliphatic carboxylic acids is 1. The number of aromatic nitrogens is 1. The minimum Gasteiger partial charge on any atom is -0.481 e. The van der Waals surface area contributed by atoms with Crippen molar-refractivity contribution < 1.29 is 65.4 Å². The van der Waals surface area contributed by atoms with E-state index in [2.05, 4.69) is 46.4 Å². The molecule has 1 aromatic heterocycles. The van der Waals surface area contributed by atoms with Gasteiger partial charge >= 0.3 is 16.4 Å². The SMILES string of the molecule is CSCCC(NC(=O)C(Cc1ccc(OS(=O)(=O)O)cc1)NC(C)=O)C(=O)NCC(=O)NC(Cc1cnc2ccccc2c1)C(=O)NC(CCSC)C(=O)NC(CC(=O)O)C(=O)NC(Cc1ccccc1)C(N)=O. The van der Waals surface area contributed by atoms with Crippen molar-refractivity contribution in [2.75, 3.05) is 30.6 Å². The van der Waals surface area contributed by atoms with Gasteiger partial charge in [0.2, 0.25) is 47.3 Å². The van der Waals surface area contributed by atoms with Gasteiger partial charge in [0.25, 0.3) is 0 Å². The van der Waals surface area contributed by atoms with Crippen molar-refractivity contribution in [2.24, 2.45) is 5.73 Å². The van der Waals surface area contributed by atoms with Gasteiger partial charge in [-0.3, -0.25) is 52.7 Å². The van der Waals surface area contributed by atoms with Crippen LogP contribution in [0.4, 0.5) is 0 Å². The molecule has 1 heterocycles. The first-order valence-electron chi connectivity index (χ1n) is 22.8. The summed E-state index contributed by atoms with van der Waals surface area (Å²) >= 11 is 2.69. The van der Waals surface area contributed by atoms with Crippen LogP contribution < -0.4 is 47.1 Å². The quantitative estimate of drug-likeness (QED) is 0.0306. The second-order valence-corrected chi connectivity index (χ2v) is 19.7. The summed E-state index contributed by atoms with van der Waals surface area (Å²) in [5, 5.41) is 28.1. The molecule has 0 aliphatic rings. The largest absolute Gasteiger partial charge is 0.481 e. The molecule has 3 aromatic carbocycles. The summed E-state index contributed by atoms with van der Waals surface area (Å²) in [4.78, 5) is 124. The number of carbonyl (C=O) groups excluding carboxylic acids is 8. The molecule has 8 amide bonds. The van der Waals surface area contributed by atoms with Gasteiger partial charge in [-0.2, -0.15) is 31.9 Å². The van der Waals surface area contributed by atoms with E-state index in [1.165, 1.54) is 60.9 Å². The summed E-state index contributed by atoms with van der Waals surface area (Å²) in [5.74, 6) is -7.73. The molecule has 4 rings (SSSR count). The van der Waals surface area contributed by atoms with Crippen molar-refractivity contribution in [1.82, 2.24) is 42.2 Å². The lowest BCUT2D eigenvalue weighted by molar-refractivity contribution is -0.141. The Morgan fingerprint density at radius 1 is 0.622 bits per heavy atom. The van der Waals surface area contributed by atoms with Crippen LogP contribution in [0.1, 0.15) is 42.9 Å². The molecule has 23 nitrogen and oxygen atoms in total. The highest BCUT2D eigenvalue weighted by atomic mass is 32.3. The summed E-state index contributed by atoms with van der Waals surface area (Å²) in [6.45, 7) is 0.482. The molecule has 0 aliphatic heterocycles. The zero-order valence-electron chi connectivity index (χ0n) is 40.5. The van der Waals surface area contributed by atoms with Gasteiger partial charge in [-0.25, -0.2) is 0 Å². The number of para-hydroxylation sites is 1. The van der Waals surface area contributed by atoms with Crippen LogP contribution in [0, 0.1) is 0 Å². The number of hydrogen-bond acceptors (Lipinski definition) is 15. The van der Waals surface area contributed by atoms with Crippen LogP contribution in [0.2, 0.25) is 0 Å². The molecular weight excluding hydrogens is 1020 g/mol. The number of hydrogen-bond donors (Lipinski definition) is 10. The Morgan fingerprint density at radius 3 is 1.70 bits per heavy atom. The Balaban J connectivity index is 1.52. The maximum Gasteiger partial charge on any atom is 0.446 e. The molecule has 0 saturated heterocycles. The van der Waals surface area contributed by atoms with Crippen molar-refractivity contribution in [1.29, 1.82) is 0 Å². The first-order valence-corrected chi connectivity index (χ1v) is 27.0. The Bertz CT molecular complexity index is 2740. The molecule has 11 N–H and O–H groups in total. The van der Waals surface area contributed by atoms with Gasteiger partial charge in [0.15, 0.2) is 0 Å². The monoisotopic (exact) mass is 1080 g/mol. The van der Waals surface area contributed by atoms with Gasteiger partial charge in [-0.1, -0.05) is 60.7 Å². The number of benzene rings is 3. The first kappa shape index (κ1) is 59.3. The van der Waals surface area contributed by atoms with Gasteiger partial charge in [-0.05, 0) is 77.8 Å². The van der Waals surface area contributed by atoms with Gasteiger partial charge in [0, 0.05) is 37.8 Å². The van der Waals surface area contributed by atoms with E-state index in [0.717, 1.165) is 0 Å². The zero-order chi connectivity index (χ0) is 54.4. The fourth-order valence-electron chi connectivity index (χ4n) is 7.26. The number of thioether (sulfide) groups is 2. The number of carboxylic acid groups (broad SMARTS) is 1. The fourth-order valence-corrected chi connectivity index (χ4v) is 8.55. The van der Waals surface area contributed by atoms with Crippen molar-refractivity contribution >= 4 is 98.1 Å². The topological polar surface area (TPSA) is 361 Å². The average Bonchev–Trinajstić information content (AvgIpc) is 3.34. The number of carbonyl (C=O) groups is 9. The Labute approximate surface area is 435 Å². The smallest absolute Gasteiger partial charge is 0.446 e.